The highest BCUT2D eigenvalue weighted by molar-refractivity contribution is 7.47. The monoisotopic (exact) mass is 840 g/mol. The number of phosphoric acid groups is 1. The van der Waals surface area contributed by atoms with Crippen molar-refractivity contribution < 1.29 is 42.3 Å². The van der Waals surface area contributed by atoms with E-state index in [1.54, 1.807) is 0 Å². The van der Waals surface area contributed by atoms with Gasteiger partial charge in [-0.25, -0.2) is 4.57 Å². The molecule has 4 atom stereocenters. The molecule has 1 saturated heterocycles. The van der Waals surface area contributed by atoms with Crippen LogP contribution in [0.2, 0.25) is 0 Å². The molecule has 1 fully saturated rings. The number of unbranched alkanes of at least 4 members (excludes halogenated alkanes) is 21. The largest absolute Gasteiger partial charge is 0.472 e. The van der Waals surface area contributed by atoms with Crippen LogP contribution in [0.3, 0.4) is 0 Å². The first-order chi connectivity index (χ1) is 28.3. The minimum atomic E-state index is -4.39. The number of hydrogen-bond donors (Lipinski definition) is 2. The van der Waals surface area contributed by atoms with Crippen LogP contribution in [0, 0.1) is 0 Å². The molecule has 1 aliphatic heterocycles. The summed E-state index contributed by atoms with van der Waals surface area (Å²) in [5.74, 6) is -0.892. The maximum Gasteiger partial charge on any atom is 0.472 e. The van der Waals surface area contributed by atoms with Crippen molar-refractivity contribution in [1.29, 1.82) is 0 Å². The Morgan fingerprint density at radius 2 is 1.12 bits per heavy atom. The van der Waals surface area contributed by atoms with Gasteiger partial charge in [-0.05, 0) is 44.9 Å². The molecule has 0 radical (unpaired) electrons. The summed E-state index contributed by atoms with van der Waals surface area (Å²) in [5.41, 5.74) is 5.35. The zero-order valence-corrected chi connectivity index (χ0v) is 37.9. The van der Waals surface area contributed by atoms with Crippen molar-refractivity contribution in [3.8, 4) is 0 Å². The molecular formula is C47H86NO9P. The predicted molar refractivity (Wildman–Crippen MR) is 238 cm³/mol. The van der Waals surface area contributed by atoms with E-state index in [-0.39, 0.29) is 32.6 Å². The quantitative estimate of drug-likeness (QED) is 0.0200. The zero-order valence-electron chi connectivity index (χ0n) is 37.0. The summed E-state index contributed by atoms with van der Waals surface area (Å²) in [5, 5.41) is 0. The van der Waals surface area contributed by atoms with Crippen molar-refractivity contribution in [1.82, 2.24) is 0 Å². The van der Waals surface area contributed by atoms with E-state index >= 15 is 0 Å². The third kappa shape index (κ3) is 36.1. The second-order valence-electron chi connectivity index (χ2n) is 16.0. The topological polar surface area (TPSA) is 147 Å². The van der Waals surface area contributed by atoms with Gasteiger partial charge in [0.25, 0.3) is 0 Å². The highest BCUT2D eigenvalue weighted by atomic mass is 31.2. The summed E-state index contributed by atoms with van der Waals surface area (Å²) < 4.78 is 38.5. The van der Waals surface area contributed by atoms with Gasteiger partial charge in [-0.2, -0.15) is 0 Å². The number of carbonyl (C=O) groups excluding carboxylic acids is 2. The number of esters is 2. The second kappa shape index (κ2) is 39.3. The van der Waals surface area contributed by atoms with Gasteiger partial charge >= 0.3 is 19.8 Å². The lowest BCUT2D eigenvalue weighted by molar-refractivity contribution is -0.161. The van der Waals surface area contributed by atoms with E-state index in [0.717, 1.165) is 44.9 Å². The summed E-state index contributed by atoms with van der Waals surface area (Å²) in [7, 11) is -4.39. The molecule has 0 aromatic heterocycles. The Kier molecular flexibility index (Phi) is 36.8. The van der Waals surface area contributed by atoms with Gasteiger partial charge in [0, 0.05) is 19.4 Å². The van der Waals surface area contributed by atoms with Crippen LogP contribution in [0.25, 0.3) is 0 Å². The van der Waals surface area contributed by atoms with Crippen LogP contribution in [0.1, 0.15) is 206 Å². The van der Waals surface area contributed by atoms with E-state index in [9.17, 15) is 19.0 Å². The molecule has 1 rings (SSSR count). The molecule has 338 valence electrons. The first-order valence-electron chi connectivity index (χ1n) is 23.6. The number of epoxide rings is 1. The van der Waals surface area contributed by atoms with Gasteiger partial charge in [0.15, 0.2) is 6.10 Å². The molecule has 10 nitrogen and oxygen atoms in total. The number of nitrogens with two attached hydrogens (primary N) is 1. The Labute approximate surface area is 354 Å². The van der Waals surface area contributed by atoms with Crippen LogP contribution in [-0.4, -0.2) is 61.5 Å². The number of ether oxygens (including phenoxy) is 3. The van der Waals surface area contributed by atoms with Crippen molar-refractivity contribution in [2.75, 3.05) is 26.4 Å². The van der Waals surface area contributed by atoms with Crippen molar-refractivity contribution in [2.45, 2.75) is 225 Å². The van der Waals surface area contributed by atoms with Crippen LogP contribution < -0.4 is 5.73 Å². The zero-order chi connectivity index (χ0) is 42.2. The fraction of sp³-hybridized carbons (Fsp3) is 0.830. The van der Waals surface area contributed by atoms with Crippen LogP contribution in [0.4, 0.5) is 0 Å². The Morgan fingerprint density at radius 1 is 0.621 bits per heavy atom. The number of hydrogen-bond acceptors (Lipinski definition) is 9. The molecule has 0 aromatic carbocycles. The number of allylic oxidation sites excluding steroid dienone is 5. The first kappa shape index (κ1) is 54.2. The Balaban J connectivity index is 2.16. The van der Waals surface area contributed by atoms with E-state index in [0.29, 0.717) is 25.0 Å². The van der Waals surface area contributed by atoms with E-state index in [1.807, 2.05) is 0 Å². The van der Waals surface area contributed by atoms with Crippen molar-refractivity contribution in [2.24, 2.45) is 5.73 Å². The molecule has 0 spiro atoms. The third-order valence-corrected chi connectivity index (χ3v) is 11.4. The van der Waals surface area contributed by atoms with E-state index in [1.165, 1.54) is 122 Å². The average molecular weight is 840 g/mol. The molecule has 0 aliphatic carbocycles. The lowest BCUT2D eigenvalue weighted by atomic mass is 10.0. The smallest absolute Gasteiger partial charge is 0.462 e. The predicted octanol–water partition coefficient (Wildman–Crippen LogP) is 12.7. The van der Waals surface area contributed by atoms with E-state index in [2.05, 4.69) is 50.3 Å². The molecule has 1 heterocycles. The second-order valence-corrected chi connectivity index (χ2v) is 17.5. The lowest BCUT2D eigenvalue weighted by Gasteiger charge is -2.19. The van der Waals surface area contributed by atoms with Crippen molar-refractivity contribution in [3.05, 3.63) is 36.5 Å². The number of carbonyl (C=O) groups is 2. The molecule has 0 amide bonds. The normalized spacial score (nSPS) is 17.0. The van der Waals surface area contributed by atoms with Crippen LogP contribution in [0.15, 0.2) is 36.5 Å². The summed E-state index contributed by atoms with van der Waals surface area (Å²) >= 11 is 0. The SMILES string of the molecule is CCCCCCCCCCCCCCCCCCCCCC(=O)O[C@H](COC(=O)CCC/C=C\C/C=C\C/C=C\CC1OC1CCCCC)COP(=O)(O)OCCN. The van der Waals surface area contributed by atoms with Gasteiger partial charge in [-0.15, -0.1) is 0 Å². The van der Waals surface area contributed by atoms with Crippen LogP contribution in [0.5, 0.6) is 0 Å². The van der Waals surface area contributed by atoms with Gasteiger partial charge in [0.05, 0.1) is 25.4 Å². The van der Waals surface area contributed by atoms with Crippen LogP contribution in [-0.2, 0) is 37.4 Å². The molecular weight excluding hydrogens is 753 g/mol. The van der Waals surface area contributed by atoms with Gasteiger partial charge in [0.2, 0.25) is 0 Å². The lowest BCUT2D eigenvalue weighted by Crippen LogP contribution is -2.29. The third-order valence-electron chi connectivity index (χ3n) is 10.5. The Hall–Kier alpha value is -1.81. The Bertz CT molecular complexity index is 1110. The van der Waals surface area contributed by atoms with Gasteiger partial charge < -0.3 is 24.8 Å². The van der Waals surface area contributed by atoms with Gasteiger partial charge in [-0.3, -0.25) is 18.6 Å². The first-order valence-corrected chi connectivity index (χ1v) is 25.1. The highest BCUT2D eigenvalue weighted by Gasteiger charge is 2.36. The van der Waals surface area contributed by atoms with Gasteiger partial charge in [0.1, 0.15) is 6.61 Å². The molecule has 0 aromatic rings. The van der Waals surface area contributed by atoms with Crippen molar-refractivity contribution >= 4 is 19.8 Å². The number of phosphoric ester groups is 1. The molecule has 58 heavy (non-hydrogen) atoms. The summed E-state index contributed by atoms with van der Waals surface area (Å²) in [6.45, 7) is 3.66. The molecule has 0 bridgehead atoms. The molecule has 3 N–H and O–H groups in total. The minimum absolute atomic E-state index is 0.0450. The van der Waals surface area contributed by atoms with Gasteiger partial charge in [-0.1, -0.05) is 185 Å². The highest BCUT2D eigenvalue weighted by Crippen LogP contribution is 2.43. The fourth-order valence-electron chi connectivity index (χ4n) is 6.84. The molecule has 11 heteroatoms. The van der Waals surface area contributed by atoms with E-state index < -0.39 is 32.5 Å². The summed E-state index contributed by atoms with van der Waals surface area (Å²) in [6.07, 6.45) is 46.4. The standard InChI is InChI=1S/C47H86NO9P/c1-3-5-7-8-9-10-11-12-13-14-15-16-17-18-19-24-27-30-34-38-47(50)56-43(42-55-58(51,52)54-40-39-48)41-53-46(49)37-33-29-26-23-21-20-22-25-28-32-36-45-44(57-45)35-31-6-4-2/h20,22-23,26,28,32,43-45H,3-19,21,24-25,27,29-31,33-42,48H2,1-2H3,(H,51,52)/b22-20-,26-23-,32-28-/t43-,44?,45?/m1/s1. The average Bonchev–Trinajstić information content (AvgIpc) is 3.97. The van der Waals surface area contributed by atoms with Crippen LogP contribution >= 0.6 is 7.82 Å². The molecule has 1 aliphatic rings. The summed E-state index contributed by atoms with van der Waals surface area (Å²) in [6, 6.07) is 0. The number of rotatable bonds is 43. The fourth-order valence-corrected chi connectivity index (χ4v) is 7.61. The Morgan fingerprint density at radius 3 is 1.69 bits per heavy atom. The maximum absolute atomic E-state index is 12.6. The molecule has 0 saturated carbocycles. The van der Waals surface area contributed by atoms with E-state index in [4.69, 9.17) is 29.0 Å². The maximum atomic E-state index is 12.6. The van der Waals surface area contributed by atoms with Crippen molar-refractivity contribution in [3.63, 3.8) is 0 Å². The summed E-state index contributed by atoms with van der Waals surface area (Å²) in [4.78, 5) is 34.9. The minimum Gasteiger partial charge on any atom is -0.462 e. The molecule has 3 unspecified atom stereocenters.